The van der Waals surface area contributed by atoms with Crippen LogP contribution in [0.25, 0.3) is 11.3 Å². The standard InChI is InChI=1S/C10H10BrN5O2/c11-6-4-12-8-9(13-6)15-7(14-8)5-2-1-3-16(5)10(17)18/h4-5H,1-3H2,(H,17,18)(H,12,13,14,15). The Bertz CT molecular complexity index is 613. The number of nitrogens with zero attached hydrogens (tertiary/aromatic N) is 4. The fourth-order valence-electron chi connectivity index (χ4n) is 2.23. The van der Waals surface area contributed by atoms with Crippen molar-refractivity contribution >= 4 is 33.3 Å². The molecule has 2 aromatic rings. The highest BCUT2D eigenvalue weighted by atomic mass is 79.9. The zero-order chi connectivity index (χ0) is 12.7. The number of aromatic amines is 1. The average Bonchev–Trinajstić information content (AvgIpc) is 2.93. The van der Waals surface area contributed by atoms with E-state index in [9.17, 15) is 4.79 Å². The van der Waals surface area contributed by atoms with Crippen LogP contribution in [0.4, 0.5) is 4.79 Å². The molecule has 1 saturated heterocycles. The average molecular weight is 312 g/mol. The van der Waals surface area contributed by atoms with Crippen LogP contribution < -0.4 is 0 Å². The van der Waals surface area contributed by atoms with Gasteiger partial charge in [-0.1, -0.05) is 0 Å². The van der Waals surface area contributed by atoms with Gasteiger partial charge in [-0.3, -0.25) is 4.90 Å². The number of rotatable bonds is 1. The van der Waals surface area contributed by atoms with Gasteiger partial charge in [0.25, 0.3) is 0 Å². The summed E-state index contributed by atoms with van der Waals surface area (Å²) < 4.78 is 0.617. The van der Waals surface area contributed by atoms with Crippen molar-refractivity contribution in [1.29, 1.82) is 0 Å². The molecule has 3 heterocycles. The third-order valence-electron chi connectivity index (χ3n) is 3.01. The van der Waals surface area contributed by atoms with E-state index >= 15 is 0 Å². The lowest BCUT2D eigenvalue weighted by Crippen LogP contribution is -2.29. The molecule has 2 aromatic heterocycles. The number of likely N-dealkylation sites (tertiary alicyclic amines) is 1. The van der Waals surface area contributed by atoms with Gasteiger partial charge in [0.2, 0.25) is 0 Å². The van der Waals surface area contributed by atoms with Crippen molar-refractivity contribution in [2.24, 2.45) is 0 Å². The number of imidazole rings is 1. The maximum atomic E-state index is 11.1. The molecule has 94 valence electrons. The molecule has 0 saturated carbocycles. The van der Waals surface area contributed by atoms with Gasteiger partial charge >= 0.3 is 6.09 Å². The zero-order valence-corrected chi connectivity index (χ0v) is 10.9. The Kier molecular flexibility index (Phi) is 2.66. The lowest BCUT2D eigenvalue weighted by molar-refractivity contribution is 0.139. The summed E-state index contributed by atoms with van der Waals surface area (Å²) in [5, 5.41) is 9.11. The van der Waals surface area contributed by atoms with E-state index in [1.54, 1.807) is 6.20 Å². The predicted octanol–water partition coefficient (Wildman–Crippen LogP) is 1.93. The first-order chi connectivity index (χ1) is 8.65. The largest absolute Gasteiger partial charge is 0.465 e. The van der Waals surface area contributed by atoms with Crippen LogP contribution in [0, 0.1) is 0 Å². The highest BCUT2D eigenvalue weighted by Crippen LogP contribution is 2.30. The molecule has 7 nitrogen and oxygen atoms in total. The van der Waals surface area contributed by atoms with Crippen LogP contribution >= 0.6 is 15.9 Å². The number of H-pyrrole nitrogens is 1. The summed E-state index contributed by atoms with van der Waals surface area (Å²) in [4.78, 5) is 28.2. The molecule has 0 aliphatic carbocycles. The van der Waals surface area contributed by atoms with Crippen molar-refractivity contribution in [2.75, 3.05) is 6.54 Å². The second-order valence-corrected chi connectivity index (χ2v) is 4.93. The number of aromatic nitrogens is 4. The van der Waals surface area contributed by atoms with Crippen molar-refractivity contribution in [1.82, 2.24) is 24.8 Å². The van der Waals surface area contributed by atoms with Gasteiger partial charge in [-0.25, -0.2) is 19.7 Å². The van der Waals surface area contributed by atoms with Gasteiger partial charge in [0.15, 0.2) is 11.3 Å². The monoisotopic (exact) mass is 311 g/mol. The molecule has 1 aliphatic rings. The molecule has 1 aliphatic heterocycles. The Morgan fingerprint density at radius 2 is 2.39 bits per heavy atom. The number of carbonyl (C=O) groups is 1. The third kappa shape index (κ3) is 1.82. The minimum atomic E-state index is -0.917. The highest BCUT2D eigenvalue weighted by molar-refractivity contribution is 9.10. The maximum absolute atomic E-state index is 11.1. The molecule has 1 atom stereocenters. The molecular formula is C10H10BrN5O2. The quantitative estimate of drug-likeness (QED) is 0.839. The number of halogens is 1. The molecular weight excluding hydrogens is 302 g/mol. The molecule has 0 spiro atoms. The number of hydrogen-bond acceptors (Lipinski definition) is 4. The number of carboxylic acid groups (broad SMARTS) is 1. The minimum absolute atomic E-state index is 0.225. The topological polar surface area (TPSA) is 95.0 Å². The van der Waals surface area contributed by atoms with Crippen LogP contribution in [0.2, 0.25) is 0 Å². The van der Waals surface area contributed by atoms with Crippen LogP contribution in [0.5, 0.6) is 0 Å². The molecule has 1 unspecified atom stereocenters. The Labute approximate surface area is 110 Å². The minimum Gasteiger partial charge on any atom is -0.465 e. The van der Waals surface area contributed by atoms with Crippen molar-refractivity contribution < 1.29 is 9.90 Å². The van der Waals surface area contributed by atoms with E-state index in [0.717, 1.165) is 12.8 Å². The molecule has 2 N–H and O–H groups in total. The zero-order valence-electron chi connectivity index (χ0n) is 9.30. The smallest absolute Gasteiger partial charge is 0.407 e. The van der Waals surface area contributed by atoms with E-state index in [0.29, 0.717) is 28.3 Å². The van der Waals surface area contributed by atoms with E-state index in [1.807, 2.05) is 0 Å². The van der Waals surface area contributed by atoms with Crippen molar-refractivity contribution in [3.05, 3.63) is 16.6 Å². The van der Waals surface area contributed by atoms with Gasteiger partial charge in [0.1, 0.15) is 10.4 Å². The summed E-state index contributed by atoms with van der Waals surface area (Å²) >= 11 is 3.23. The summed E-state index contributed by atoms with van der Waals surface area (Å²) in [5.41, 5.74) is 1.07. The van der Waals surface area contributed by atoms with Crippen molar-refractivity contribution in [3.8, 4) is 0 Å². The molecule has 3 rings (SSSR count). The van der Waals surface area contributed by atoms with Crippen LogP contribution in [-0.2, 0) is 0 Å². The highest BCUT2D eigenvalue weighted by Gasteiger charge is 2.32. The maximum Gasteiger partial charge on any atom is 0.407 e. The Morgan fingerprint density at radius 1 is 1.56 bits per heavy atom. The molecule has 8 heteroatoms. The summed E-state index contributed by atoms with van der Waals surface area (Å²) in [5.74, 6) is 0.614. The molecule has 0 bridgehead atoms. The summed E-state index contributed by atoms with van der Waals surface area (Å²) in [7, 11) is 0. The van der Waals surface area contributed by atoms with Gasteiger partial charge in [-0.2, -0.15) is 0 Å². The summed E-state index contributed by atoms with van der Waals surface area (Å²) in [6.45, 7) is 0.543. The molecule has 1 amide bonds. The van der Waals surface area contributed by atoms with E-state index in [1.165, 1.54) is 4.90 Å². The first-order valence-corrected chi connectivity index (χ1v) is 6.32. The molecule has 18 heavy (non-hydrogen) atoms. The Morgan fingerprint density at radius 3 is 3.17 bits per heavy atom. The van der Waals surface area contributed by atoms with E-state index in [4.69, 9.17) is 5.11 Å². The predicted molar refractivity (Wildman–Crippen MR) is 66.1 cm³/mol. The van der Waals surface area contributed by atoms with E-state index in [2.05, 4.69) is 35.9 Å². The van der Waals surface area contributed by atoms with Gasteiger partial charge in [0.05, 0.1) is 12.2 Å². The van der Waals surface area contributed by atoms with Crippen LogP contribution in [0.1, 0.15) is 24.7 Å². The lowest BCUT2D eigenvalue weighted by atomic mass is 10.2. The Balaban J connectivity index is 2.01. The normalized spacial score (nSPS) is 19.6. The van der Waals surface area contributed by atoms with Gasteiger partial charge in [0, 0.05) is 6.54 Å². The molecule has 0 aromatic carbocycles. The number of hydrogen-bond donors (Lipinski definition) is 2. The van der Waals surface area contributed by atoms with Gasteiger partial charge in [-0.15, -0.1) is 0 Å². The molecule has 0 radical (unpaired) electrons. The number of nitrogens with one attached hydrogen (secondary N) is 1. The first kappa shape index (κ1) is 11.4. The fraction of sp³-hybridized carbons (Fsp3) is 0.400. The van der Waals surface area contributed by atoms with Crippen molar-refractivity contribution in [2.45, 2.75) is 18.9 Å². The molecule has 1 fully saturated rings. The second kappa shape index (κ2) is 4.20. The SMILES string of the molecule is O=C(O)N1CCCC1c1nc2ncc(Br)nc2[nH]1. The lowest BCUT2D eigenvalue weighted by Gasteiger charge is -2.18. The van der Waals surface area contributed by atoms with Crippen LogP contribution in [-0.4, -0.2) is 42.6 Å². The summed E-state index contributed by atoms with van der Waals surface area (Å²) in [6, 6.07) is -0.225. The van der Waals surface area contributed by atoms with Gasteiger partial charge in [-0.05, 0) is 28.8 Å². The van der Waals surface area contributed by atoms with Crippen LogP contribution in [0.15, 0.2) is 10.8 Å². The summed E-state index contributed by atoms with van der Waals surface area (Å²) in [6.07, 6.45) is 2.27. The Hall–Kier alpha value is -1.70. The van der Waals surface area contributed by atoms with Gasteiger partial charge < -0.3 is 10.1 Å². The van der Waals surface area contributed by atoms with Crippen LogP contribution in [0.3, 0.4) is 0 Å². The van der Waals surface area contributed by atoms with Crippen molar-refractivity contribution in [3.63, 3.8) is 0 Å². The number of fused-ring (bicyclic) bond motifs is 1. The number of amides is 1. The van der Waals surface area contributed by atoms with E-state index < -0.39 is 6.09 Å². The fourth-order valence-corrected chi connectivity index (χ4v) is 2.51. The first-order valence-electron chi connectivity index (χ1n) is 5.53. The third-order valence-corrected chi connectivity index (χ3v) is 3.39. The second-order valence-electron chi connectivity index (χ2n) is 4.12. The van der Waals surface area contributed by atoms with E-state index in [-0.39, 0.29) is 6.04 Å².